The van der Waals surface area contributed by atoms with E-state index in [1.165, 1.54) is 0 Å². The van der Waals surface area contributed by atoms with Crippen molar-refractivity contribution in [2.24, 2.45) is 0 Å². The molecule has 0 heterocycles. The van der Waals surface area contributed by atoms with Crippen molar-refractivity contribution in [3.8, 4) is 0 Å². The SMILES string of the molecule is O=C(C=CC(=O)OO)OO.[NaH].[NaH]. The number of hydrogen-bond acceptors (Lipinski definition) is 6. The summed E-state index contributed by atoms with van der Waals surface area (Å²) < 4.78 is 0. The average molecular weight is 196 g/mol. The number of carbonyl (C=O) groups excluding carboxylic acids is 2. The molecule has 0 aliphatic carbocycles. The summed E-state index contributed by atoms with van der Waals surface area (Å²) >= 11 is 0. The molecule has 60 valence electrons. The van der Waals surface area contributed by atoms with Gasteiger partial charge < -0.3 is 0 Å². The van der Waals surface area contributed by atoms with Crippen LogP contribution in [0.4, 0.5) is 0 Å². The minimum atomic E-state index is -1.13. The van der Waals surface area contributed by atoms with Crippen LogP contribution in [0.2, 0.25) is 0 Å². The Morgan fingerprint density at radius 1 is 0.917 bits per heavy atom. The van der Waals surface area contributed by atoms with Crippen LogP contribution in [0.5, 0.6) is 0 Å². The monoisotopic (exact) mass is 196 g/mol. The van der Waals surface area contributed by atoms with E-state index in [9.17, 15) is 9.59 Å². The Morgan fingerprint density at radius 2 is 1.17 bits per heavy atom. The predicted octanol–water partition coefficient (Wildman–Crippen LogP) is -1.72. The van der Waals surface area contributed by atoms with Crippen LogP contribution in [0, 0.1) is 0 Å². The molecule has 0 spiro atoms. The number of rotatable bonds is 2. The minimum absolute atomic E-state index is 0. The van der Waals surface area contributed by atoms with Crippen molar-refractivity contribution in [3.63, 3.8) is 0 Å². The van der Waals surface area contributed by atoms with E-state index < -0.39 is 11.9 Å². The van der Waals surface area contributed by atoms with Crippen molar-refractivity contribution in [3.05, 3.63) is 12.2 Å². The Balaban J connectivity index is -0.000000405. The predicted molar refractivity (Wildman–Crippen MR) is 40.9 cm³/mol. The maximum absolute atomic E-state index is 9.98. The second-order valence-corrected chi connectivity index (χ2v) is 1.15. The molecule has 0 saturated carbocycles. The molecular formula is C4H6Na2O6. The summed E-state index contributed by atoms with van der Waals surface area (Å²) in [5.41, 5.74) is 0. The van der Waals surface area contributed by atoms with Gasteiger partial charge in [0, 0.05) is 12.2 Å². The summed E-state index contributed by atoms with van der Waals surface area (Å²) in [4.78, 5) is 26.2. The van der Waals surface area contributed by atoms with E-state index in [-0.39, 0.29) is 59.1 Å². The van der Waals surface area contributed by atoms with Gasteiger partial charge in [-0.3, -0.25) is 9.78 Å². The Kier molecular flexibility index (Phi) is 17.8. The fourth-order valence-electron chi connectivity index (χ4n) is 0.197. The first-order valence-electron chi connectivity index (χ1n) is 2.09. The molecular weight excluding hydrogens is 190 g/mol. The van der Waals surface area contributed by atoms with Crippen LogP contribution in [0.15, 0.2) is 12.2 Å². The van der Waals surface area contributed by atoms with Gasteiger partial charge in [-0.2, -0.15) is 10.5 Å². The van der Waals surface area contributed by atoms with Gasteiger partial charge in [-0.15, -0.1) is 0 Å². The first kappa shape index (κ1) is 18.4. The van der Waals surface area contributed by atoms with Gasteiger partial charge in [0.1, 0.15) is 0 Å². The second-order valence-electron chi connectivity index (χ2n) is 1.15. The van der Waals surface area contributed by atoms with Gasteiger partial charge in [-0.05, 0) is 0 Å². The van der Waals surface area contributed by atoms with Crippen molar-refractivity contribution in [1.29, 1.82) is 0 Å². The van der Waals surface area contributed by atoms with Crippen molar-refractivity contribution in [2.75, 3.05) is 0 Å². The summed E-state index contributed by atoms with van der Waals surface area (Å²) in [6.45, 7) is 0. The molecule has 2 N–H and O–H groups in total. The third kappa shape index (κ3) is 10.6. The summed E-state index contributed by atoms with van der Waals surface area (Å²) in [7, 11) is 0. The molecule has 6 nitrogen and oxygen atoms in total. The van der Waals surface area contributed by atoms with Crippen LogP contribution in [-0.4, -0.2) is 81.6 Å². The number of carbonyl (C=O) groups is 2. The van der Waals surface area contributed by atoms with Gasteiger partial charge in [0.15, 0.2) is 0 Å². The van der Waals surface area contributed by atoms with Gasteiger partial charge in [-0.25, -0.2) is 9.59 Å². The van der Waals surface area contributed by atoms with Crippen molar-refractivity contribution >= 4 is 71.1 Å². The van der Waals surface area contributed by atoms with E-state index in [1.807, 2.05) is 0 Å². The molecule has 0 atom stereocenters. The summed E-state index contributed by atoms with van der Waals surface area (Å²) in [6, 6.07) is 0. The van der Waals surface area contributed by atoms with Crippen LogP contribution in [-0.2, 0) is 19.4 Å². The Morgan fingerprint density at radius 3 is 1.33 bits per heavy atom. The Bertz CT molecular complexity index is 149. The molecule has 0 bridgehead atoms. The van der Waals surface area contributed by atoms with E-state index in [1.54, 1.807) is 0 Å². The molecule has 0 amide bonds. The van der Waals surface area contributed by atoms with Gasteiger partial charge in [-0.1, -0.05) is 0 Å². The van der Waals surface area contributed by atoms with E-state index >= 15 is 0 Å². The molecule has 12 heavy (non-hydrogen) atoms. The zero-order chi connectivity index (χ0) is 7.98. The van der Waals surface area contributed by atoms with E-state index in [0.29, 0.717) is 12.2 Å². The summed E-state index contributed by atoms with van der Waals surface area (Å²) in [5, 5.41) is 15.2. The Labute approximate surface area is 112 Å². The Hall–Kier alpha value is 0.600. The van der Waals surface area contributed by atoms with Gasteiger partial charge in [0.25, 0.3) is 0 Å². The standard InChI is InChI=1S/C4H4O6.2Na.2H/c5-3(9-7)1-2-4(6)10-8;;;;/h1-2,7-8H;;;;. The fourth-order valence-corrected chi connectivity index (χ4v) is 0.197. The molecule has 0 aromatic carbocycles. The topological polar surface area (TPSA) is 93.1 Å². The van der Waals surface area contributed by atoms with Crippen molar-refractivity contribution < 1.29 is 29.9 Å². The molecule has 0 rings (SSSR count). The molecule has 0 aromatic heterocycles. The molecule has 0 fully saturated rings. The molecule has 0 saturated heterocycles. The molecule has 8 heteroatoms. The van der Waals surface area contributed by atoms with Crippen LogP contribution < -0.4 is 0 Å². The summed E-state index contributed by atoms with van der Waals surface area (Å²) in [5.74, 6) is -2.27. The first-order valence-corrected chi connectivity index (χ1v) is 2.09. The van der Waals surface area contributed by atoms with Gasteiger partial charge in [0.05, 0.1) is 0 Å². The van der Waals surface area contributed by atoms with Gasteiger partial charge in [0.2, 0.25) is 0 Å². The van der Waals surface area contributed by atoms with E-state index in [4.69, 9.17) is 10.5 Å². The maximum atomic E-state index is 9.98. The van der Waals surface area contributed by atoms with E-state index in [0.717, 1.165) is 0 Å². The molecule has 0 aliphatic heterocycles. The zero-order valence-corrected chi connectivity index (χ0v) is 4.68. The van der Waals surface area contributed by atoms with Crippen LogP contribution in [0.3, 0.4) is 0 Å². The molecule has 0 radical (unpaired) electrons. The van der Waals surface area contributed by atoms with E-state index in [2.05, 4.69) is 9.78 Å². The normalized spacial score (nSPS) is 7.83. The quantitative estimate of drug-likeness (QED) is 0.236. The molecule has 0 aromatic rings. The first-order chi connectivity index (χ1) is 4.70. The molecule has 0 aliphatic rings. The zero-order valence-electron chi connectivity index (χ0n) is 4.68. The van der Waals surface area contributed by atoms with Crippen LogP contribution in [0.25, 0.3) is 0 Å². The third-order valence-corrected chi connectivity index (χ3v) is 0.535. The molecule has 0 unspecified atom stereocenters. The van der Waals surface area contributed by atoms with Crippen molar-refractivity contribution in [1.82, 2.24) is 0 Å². The van der Waals surface area contributed by atoms with Crippen LogP contribution in [0.1, 0.15) is 0 Å². The van der Waals surface area contributed by atoms with Crippen molar-refractivity contribution in [2.45, 2.75) is 0 Å². The summed E-state index contributed by atoms with van der Waals surface area (Å²) in [6.07, 6.45) is 1.16. The fraction of sp³-hybridized carbons (Fsp3) is 0. The second kappa shape index (κ2) is 11.6. The van der Waals surface area contributed by atoms with Crippen LogP contribution >= 0.6 is 0 Å². The average Bonchev–Trinajstić information content (AvgIpc) is 1.99. The number of hydrogen-bond donors (Lipinski definition) is 2. The van der Waals surface area contributed by atoms with Gasteiger partial charge >= 0.3 is 71.1 Å². The third-order valence-electron chi connectivity index (χ3n) is 0.535.